The molecule has 3 atom stereocenters. The zero-order valence-electron chi connectivity index (χ0n) is 13.9. The first-order chi connectivity index (χ1) is 12.0. The van der Waals surface area contributed by atoms with Crippen LogP contribution in [-0.4, -0.2) is 48.4 Å². The Hall–Kier alpha value is -2.10. The van der Waals surface area contributed by atoms with Crippen molar-refractivity contribution in [2.45, 2.75) is 30.5 Å². The molecule has 1 fully saturated rings. The Morgan fingerprint density at radius 2 is 2.12 bits per heavy atom. The van der Waals surface area contributed by atoms with Gasteiger partial charge < -0.3 is 21.1 Å². The van der Waals surface area contributed by atoms with Gasteiger partial charge in [-0.25, -0.2) is 4.79 Å². The van der Waals surface area contributed by atoms with E-state index in [-0.39, 0.29) is 24.0 Å². The van der Waals surface area contributed by atoms with Crippen LogP contribution in [0.4, 0.5) is 0 Å². The van der Waals surface area contributed by atoms with E-state index >= 15 is 0 Å². The molecule has 1 heterocycles. The summed E-state index contributed by atoms with van der Waals surface area (Å²) in [7, 11) is 1.28. The summed E-state index contributed by atoms with van der Waals surface area (Å²) in [5, 5.41) is 8.33. The maximum atomic E-state index is 12.2. The van der Waals surface area contributed by atoms with Gasteiger partial charge >= 0.3 is 5.97 Å². The highest BCUT2D eigenvalue weighted by molar-refractivity contribution is 8.00. The minimum absolute atomic E-state index is 0.0625. The molecule has 0 spiro atoms. The summed E-state index contributed by atoms with van der Waals surface area (Å²) in [6.45, 7) is 0. The molecule has 1 aliphatic heterocycles. The SMILES string of the molecule is COC(=O)C(Cc1ccccc1)NC(=O)CSC1NC(=O)CC(N)N1. The molecule has 3 unspecified atom stereocenters. The van der Waals surface area contributed by atoms with Crippen LogP contribution in [0, 0.1) is 0 Å². The Bertz CT molecular complexity index is 613. The van der Waals surface area contributed by atoms with E-state index < -0.39 is 23.7 Å². The van der Waals surface area contributed by atoms with Gasteiger partial charge in [0.15, 0.2) is 0 Å². The van der Waals surface area contributed by atoms with Crippen LogP contribution in [0.25, 0.3) is 0 Å². The van der Waals surface area contributed by atoms with Crippen molar-refractivity contribution in [3.8, 4) is 0 Å². The molecule has 8 nitrogen and oxygen atoms in total. The lowest BCUT2D eigenvalue weighted by Crippen LogP contribution is -2.58. The molecule has 1 saturated heterocycles. The lowest BCUT2D eigenvalue weighted by atomic mass is 10.1. The predicted molar refractivity (Wildman–Crippen MR) is 94.2 cm³/mol. The highest BCUT2D eigenvalue weighted by Crippen LogP contribution is 2.11. The molecule has 2 amide bonds. The van der Waals surface area contributed by atoms with Crippen LogP contribution in [0.5, 0.6) is 0 Å². The number of benzene rings is 1. The fourth-order valence-electron chi connectivity index (χ4n) is 2.37. The monoisotopic (exact) mass is 366 g/mol. The van der Waals surface area contributed by atoms with E-state index in [0.29, 0.717) is 6.42 Å². The first kappa shape index (κ1) is 19.2. The molecule has 9 heteroatoms. The van der Waals surface area contributed by atoms with Crippen LogP contribution in [0.2, 0.25) is 0 Å². The van der Waals surface area contributed by atoms with Crippen molar-refractivity contribution < 1.29 is 19.1 Å². The number of amides is 2. The minimum atomic E-state index is -0.767. The van der Waals surface area contributed by atoms with Gasteiger partial charge in [0.05, 0.1) is 25.4 Å². The molecule has 1 aliphatic rings. The molecule has 0 aromatic heterocycles. The van der Waals surface area contributed by atoms with Crippen molar-refractivity contribution in [3.63, 3.8) is 0 Å². The number of nitrogens with two attached hydrogens (primary N) is 1. The number of ether oxygens (including phenoxy) is 1. The van der Waals surface area contributed by atoms with E-state index in [1.165, 1.54) is 18.9 Å². The minimum Gasteiger partial charge on any atom is -0.467 e. The highest BCUT2D eigenvalue weighted by atomic mass is 32.2. The first-order valence-electron chi connectivity index (χ1n) is 7.81. The third-order valence-corrected chi connectivity index (χ3v) is 4.56. The highest BCUT2D eigenvalue weighted by Gasteiger charge is 2.25. The van der Waals surface area contributed by atoms with E-state index in [4.69, 9.17) is 10.5 Å². The number of hydrogen-bond donors (Lipinski definition) is 4. The summed E-state index contributed by atoms with van der Waals surface area (Å²) in [6.07, 6.45) is 0.105. The molecule has 2 rings (SSSR count). The van der Waals surface area contributed by atoms with Crippen LogP contribution < -0.4 is 21.7 Å². The summed E-state index contributed by atoms with van der Waals surface area (Å²) in [4.78, 5) is 35.5. The van der Waals surface area contributed by atoms with Crippen LogP contribution in [-0.2, 0) is 25.5 Å². The molecule has 1 aromatic rings. The molecule has 0 radical (unpaired) electrons. The fraction of sp³-hybridized carbons (Fsp3) is 0.438. The lowest BCUT2D eigenvalue weighted by Gasteiger charge is -2.28. The number of thioether (sulfide) groups is 1. The smallest absolute Gasteiger partial charge is 0.328 e. The zero-order chi connectivity index (χ0) is 18.2. The van der Waals surface area contributed by atoms with Gasteiger partial charge in [0, 0.05) is 6.42 Å². The number of nitrogens with one attached hydrogen (secondary N) is 3. The number of hydrogen-bond acceptors (Lipinski definition) is 7. The molecular formula is C16H22N4O4S. The quantitative estimate of drug-likeness (QED) is 0.471. The average molecular weight is 366 g/mol. The maximum absolute atomic E-state index is 12.2. The van der Waals surface area contributed by atoms with Crippen molar-refractivity contribution in [2.75, 3.05) is 12.9 Å². The van der Waals surface area contributed by atoms with Crippen molar-refractivity contribution >= 4 is 29.5 Å². The van der Waals surface area contributed by atoms with E-state index in [9.17, 15) is 14.4 Å². The van der Waals surface area contributed by atoms with Crippen molar-refractivity contribution in [2.24, 2.45) is 5.73 Å². The maximum Gasteiger partial charge on any atom is 0.328 e. The van der Waals surface area contributed by atoms with Gasteiger partial charge in [0.25, 0.3) is 0 Å². The van der Waals surface area contributed by atoms with E-state index in [2.05, 4.69) is 16.0 Å². The van der Waals surface area contributed by atoms with Gasteiger partial charge in [-0.2, -0.15) is 0 Å². The number of rotatable bonds is 7. The van der Waals surface area contributed by atoms with Crippen LogP contribution in [0.15, 0.2) is 30.3 Å². The second kappa shape index (κ2) is 9.40. The second-order valence-corrected chi connectivity index (χ2v) is 6.66. The average Bonchev–Trinajstić information content (AvgIpc) is 2.59. The number of carbonyl (C=O) groups excluding carboxylic acids is 3. The van der Waals surface area contributed by atoms with Crippen molar-refractivity contribution in [1.82, 2.24) is 16.0 Å². The summed E-state index contributed by atoms with van der Waals surface area (Å²) in [5.74, 6) is -0.937. The third kappa shape index (κ3) is 6.37. The summed E-state index contributed by atoms with van der Waals surface area (Å²) in [5.41, 5.74) is 6.18. The first-order valence-corrected chi connectivity index (χ1v) is 8.86. The van der Waals surface area contributed by atoms with Gasteiger partial charge in [0.1, 0.15) is 11.5 Å². The molecule has 0 saturated carbocycles. The number of esters is 1. The summed E-state index contributed by atoms with van der Waals surface area (Å²) >= 11 is 1.19. The Morgan fingerprint density at radius 1 is 1.40 bits per heavy atom. The Kier molecular flexibility index (Phi) is 7.23. The van der Waals surface area contributed by atoms with Gasteiger partial charge in [-0.15, -0.1) is 11.8 Å². The van der Waals surface area contributed by atoms with Gasteiger partial charge in [-0.3, -0.25) is 14.9 Å². The van der Waals surface area contributed by atoms with Crippen molar-refractivity contribution in [1.29, 1.82) is 0 Å². The molecule has 0 aliphatic carbocycles. The fourth-order valence-corrected chi connectivity index (χ4v) is 3.26. The van der Waals surface area contributed by atoms with Gasteiger partial charge in [-0.1, -0.05) is 30.3 Å². The molecule has 1 aromatic carbocycles. The molecular weight excluding hydrogens is 344 g/mol. The predicted octanol–water partition coefficient (Wildman–Crippen LogP) is -0.702. The van der Waals surface area contributed by atoms with Gasteiger partial charge in [-0.05, 0) is 5.56 Å². The molecule has 0 bridgehead atoms. The Morgan fingerprint density at radius 3 is 2.76 bits per heavy atom. The summed E-state index contributed by atoms with van der Waals surface area (Å²) < 4.78 is 4.76. The standard InChI is InChI=1S/C16H22N4O4S/c1-24-15(23)11(7-10-5-3-2-4-6-10)18-14(22)9-25-16-19-12(17)8-13(21)20-16/h2-6,11-12,16,19H,7-9,17H2,1H3,(H,18,22)(H,20,21). The van der Waals surface area contributed by atoms with E-state index in [0.717, 1.165) is 5.56 Å². The number of carbonyl (C=O) groups is 3. The van der Waals surface area contributed by atoms with E-state index in [1.807, 2.05) is 30.3 Å². The van der Waals surface area contributed by atoms with Crippen LogP contribution >= 0.6 is 11.8 Å². The van der Waals surface area contributed by atoms with Crippen LogP contribution in [0.3, 0.4) is 0 Å². The van der Waals surface area contributed by atoms with Gasteiger partial charge in [0.2, 0.25) is 11.8 Å². The molecule has 136 valence electrons. The molecule has 25 heavy (non-hydrogen) atoms. The zero-order valence-corrected chi connectivity index (χ0v) is 14.7. The van der Waals surface area contributed by atoms with E-state index in [1.54, 1.807) is 0 Å². The normalized spacial score (nSPS) is 21.1. The topological polar surface area (TPSA) is 123 Å². The third-order valence-electron chi connectivity index (χ3n) is 3.55. The Labute approximate surface area is 150 Å². The Balaban J connectivity index is 1.86. The number of methoxy groups -OCH3 is 1. The second-order valence-electron chi connectivity index (χ2n) is 5.57. The largest absolute Gasteiger partial charge is 0.467 e. The summed E-state index contributed by atoms with van der Waals surface area (Å²) in [6, 6.07) is 8.59. The van der Waals surface area contributed by atoms with Crippen LogP contribution in [0.1, 0.15) is 12.0 Å². The molecule has 5 N–H and O–H groups in total. The lowest BCUT2D eigenvalue weighted by molar-refractivity contribution is -0.144. The van der Waals surface area contributed by atoms with Crippen molar-refractivity contribution in [3.05, 3.63) is 35.9 Å².